The molecule has 0 fully saturated rings. The van der Waals surface area contributed by atoms with Crippen LogP contribution in [0.2, 0.25) is 0 Å². The van der Waals surface area contributed by atoms with Gasteiger partial charge in [0, 0.05) is 18.2 Å². The van der Waals surface area contributed by atoms with Gasteiger partial charge in [0.05, 0.1) is 23.2 Å². The fourth-order valence-electron chi connectivity index (χ4n) is 3.24. The number of nitrogens with zero attached hydrogens (tertiary/aromatic N) is 1. The SMILES string of the molecule is C#Cc1cc(CNC(=O)/C=C\c2ccc(C(F)(F)F)nc2/C=C/c2ccccc2)cc(F)c1NS(C)(=O)=O. The van der Waals surface area contributed by atoms with Crippen LogP contribution in [-0.4, -0.2) is 25.6 Å². The smallest absolute Gasteiger partial charge is 0.348 e. The molecule has 0 bridgehead atoms. The Hall–Kier alpha value is -4.43. The molecule has 6 nitrogen and oxygen atoms in total. The second kappa shape index (κ2) is 11.7. The van der Waals surface area contributed by atoms with Crippen LogP contribution in [0.4, 0.5) is 23.2 Å². The van der Waals surface area contributed by atoms with Crippen molar-refractivity contribution in [1.82, 2.24) is 10.3 Å². The van der Waals surface area contributed by atoms with Gasteiger partial charge in [0.15, 0.2) is 0 Å². The van der Waals surface area contributed by atoms with Crippen molar-refractivity contribution in [3.63, 3.8) is 0 Å². The zero-order chi connectivity index (χ0) is 27.9. The van der Waals surface area contributed by atoms with Crippen molar-refractivity contribution in [2.45, 2.75) is 12.7 Å². The molecule has 38 heavy (non-hydrogen) atoms. The summed E-state index contributed by atoms with van der Waals surface area (Å²) in [4.78, 5) is 16.0. The van der Waals surface area contributed by atoms with E-state index in [0.29, 0.717) is 0 Å². The highest BCUT2D eigenvalue weighted by atomic mass is 32.2. The minimum atomic E-state index is -4.64. The number of carbonyl (C=O) groups excluding carboxylic acids is 1. The van der Waals surface area contributed by atoms with Gasteiger partial charge in [0.25, 0.3) is 0 Å². The number of hydrogen-bond donors (Lipinski definition) is 2. The molecule has 0 aliphatic carbocycles. The number of sulfonamides is 1. The summed E-state index contributed by atoms with van der Waals surface area (Å²) in [6.07, 6.45) is 6.98. The number of anilines is 1. The summed E-state index contributed by atoms with van der Waals surface area (Å²) in [5, 5.41) is 2.51. The highest BCUT2D eigenvalue weighted by molar-refractivity contribution is 7.92. The number of alkyl halides is 3. The first-order chi connectivity index (χ1) is 17.9. The number of pyridine rings is 1. The first kappa shape index (κ1) is 28.1. The minimum Gasteiger partial charge on any atom is -0.348 e. The number of hydrogen-bond acceptors (Lipinski definition) is 4. The number of nitrogens with one attached hydrogen (secondary N) is 2. The lowest BCUT2D eigenvalue weighted by Gasteiger charge is -2.11. The predicted molar refractivity (Wildman–Crippen MR) is 138 cm³/mol. The summed E-state index contributed by atoms with van der Waals surface area (Å²) < 4.78 is 78.9. The van der Waals surface area contributed by atoms with Crippen LogP contribution in [0.1, 0.15) is 33.6 Å². The maximum absolute atomic E-state index is 14.4. The molecule has 3 aromatic rings. The molecule has 196 valence electrons. The molecule has 0 radical (unpaired) electrons. The summed E-state index contributed by atoms with van der Waals surface area (Å²) in [5.74, 6) is 0.650. The molecular formula is C27H21F4N3O3S. The van der Waals surface area contributed by atoms with Gasteiger partial charge in [-0.1, -0.05) is 48.4 Å². The Bertz CT molecular complexity index is 1540. The van der Waals surface area contributed by atoms with Gasteiger partial charge in [-0.15, -0.1) is 6.42 Å². The van der Waals surface area contributed by atoms with Gasteiger partial charge in [0.1, 0.15) is 11.5 Å². The molecule has 1 heterocycles. The van der Waals surface area contributed by atoms with Gasteiger partial charge in [-0.25, -0.2) is 17.8 Å². The number of halogens is 4. The second-order valence-corrected chi connectivity index (χ2v) is 9.73. The lowest BCUT2D eigenvalue weighted by molar-refractivity contribution is -0.141. The molecule has 0 saturated heterocycles. The van der Waals surface area contributed by atoms with Crippen LogP contribution in [0.3, 0.4) is 0 Å². The number of aromatic nitrogens is 1. The fourth-order valence-corrected chi connectivity index (χ4v) is 3.82. The Morgan fingerprint density at radius 1 is 1.08 bits per heavy atom. The maximum atomic E-state index is 14.4. The summed E-state index contributed by atoms with van der Waals surface area (Å²) in [6, 6.07) is 13.3. The van der Waals surface area contributed by atoms with Gasteiger partial charge in [-0.2, -0.15) is 13.2 Å². The van der Waals surface area contributed by atoms with Crippen molar-refractivity contribution >= 4 is 39.8 Å². The minimum absolute atomic E-state index is 0.00225. The normalized spacial score (nSPS) is 12.0. The summed E-state index contributed by atoms with van der Waals surface area (Å²) in [5.41, 5.74) is -0.238. The molecule has 1 amide bonds. The van der Waals surface area contributed by atoms with E-state index < -0.39 is 33.6 Å². The highest BCUT2D eigenvalue weighted by Gasteiger charge is 2.32. The van der Waals surface area contributed by atoms with Crippen molar-refractivity contribution in [2.24, 2.45) is 0 Å². The Kier molecular flexibility index (Phi) is 8.70. The van der Waals surface area contributed by atoms with Gasteiger partial charge in [-0.3, -0.25) is 9.52 Å². The summed E-state index contributed by atoms with van der Waals surface area (Å²) in [7, 11) is -3.78. The van der Waals surface area contributed by atoms with Crippen LogP contribution < -0.4 is 10.0 Å². The van der Waals surface area contributed by atoms with E-state index in [-0.39, 0.29) is 34.6 Å². The zero-order valence-corrected chi connectivity index (χ0v) is 20.7. The molecule has 11 heteroatoms. The molecule has 0 unspecified atom stereocenters. The van der Waals surface area contributed by atoms with Gasteiger partial charge < -0.3 is 5.32 Å². The summed E-state index contributed by atoms with van der Waals surface area (Å²) in [6.45, 7) is -0.153. The maximum Gasteiger partial charge on any atom is 0.433 e. The number of terminal acetylenes is 1. The third kappa shape index (κ3) is 8.04. The first-order valence-corrected chi connectivity index (χ1v) is 12.8. The Labute approximate surface area is 217 Å². The van der Waals surface area contributed by atoms with Crippen LogP contribution in [0.25, 0.3) is 18.2 Å². The summed E-state index contributed by atoms with van der Waals surface area (Å²) >= 11 is 0. The monoisotopic (exact) mass is 543 g/mol. The van der Waals surface area contributed by atoms with E-state index in [2.05, 4.69) is 16.2 Å². The Morgan fingerprint density at radius 3 is 2.42 bits per heavy atom. The Morgan fingerprint density at radius 2 is 1.79 bits per heavy atom. The number of carbonyl (C=O) groups is 1. The van der Waals surface area contributed by atoms with E-state index in [4.69, 9.17) is 6.42 Å². The molecule has 0 saturated carbocycles. The molecule has 1 aromatic heterocycles. The van der Waals surface area contributed by atoms with Gasteiger partial charge >= 0.3 is 6.18 Å². The second-order valence-electron chi connectivity index (χ2n) is 7.98. The predicted octanol–water partition coefficient (Wildman–Crippen LogP) is 5.09. The van der Waals surface area contributed by atoms with Crippen molar-refractivity contribution in [3.8, 4) is 12.3 Å². The molecule has 0 aliphatic rings. The quantitative estimate of drug-likeness (QED) is 0.235. The Balaban J connectivity index is 1.78. The molecule has 2 N–H and O–H groups in total. The van der Waals surface area contributed by atoms with Crippen molar-refractivity contribution in [1.29, 1.82) is 0 Å². The number of amides is 1. The van der Waals surface area contributed by atoms with E-state index in [1.807, 2.05) is 4.72 Å². The number of benzene rings is 2. The van der Waals surface area contributed by atoms with Crippen LogP contribution in [0.15, 0.2) is 60.7 Å². The molecular weight excluding hydrogens is 522 g/mol. The van der Waals surface area contributed by atoms with Crippen molar-refractivity contribution < 1.29 is 30.8 Å². The molecule has 3 rings (SSSR count). The third-order valence-electron chi connectivity index (χ3n) is 4.96. The van der Waals surface area contributed by atoms with E-state index in [1.54, 1.807) is 36.4 Å². The van der Waals surface area contributed by atoms with Gasteiger partial charge in [-0.05, 0) is 41.5 Å². The standard InChI is InChI=1S/C27H21F4N3O3S/c1-3-20-15-19(16-22(28)26(20)34-38(2,36)37)17-32-25(35)14-11-21-10-13-24(27(29,30)31)33-23(21)12-9-18-7-5-4-6-8-18/h1,4-16,34H,17H2,2H3,(H,32,35)/b12-9+,14-11-. The molecule has 0 atom stereocenters. The van der Waals surface area contributed by atoms with Crippen LogP contribution in [0, 0.1) is 18.2 Å². The van der Waals surface area contributed by atoms with Crippen LogP contribution in [-0.2, 0) is 27.5 Å². The van der Waals surface area contributed by atoms with Crippen LogP contribution >= 0.6 is 0 Å². The molecule has 2 aromatic carbocycles. The zero-order valence-electron chi connectivity index (χ0n) is 19.9. The third-order valence-corrected chi connectivity index (χ3v) is 5.53. The average Bonchev–Trinajstić information content (AvgIpc) is 2.85. The highest BCUT2D eigenvalue weighted by Crippen LogP contribution is 2.29. The first-order valence-electron chi connectivity index (χ1n) is 10.9. The van der Waals surface area contributed by atoms with E-state index in [1.165, 1.54) is 24.3 Å². The topological polar surface area (TPSA) is 88.2 Å². The fraction of sp³-hybridized carbons (Fsp3) is 0.111. The van der Waals surface area contributed by atoms with Crippen molar-refractivity contribution in [3.05, 3.63) is 100 Å². The van der Waals surface area contributed by atoms with E-state index >= 15 is 0 Å². The lowest BCUT2D eigenvalue weighted by Crippen LogP contribution is -2.21. The van der Waals surface area contributed by atoms with Gasteiger partial charge in [0.2, 0.25) is 15.9 Å². The molecule has 0 spiro atoms. The van der Waals surface area contributed by atoms with E-state index in [9.17, 15) is 30.8 Å². The number of rotatable bonds is 8. The average molecular weight is 544 g/mol. The molecule has 0 aliphatic heterocycles. The van der Waals surface area contributed by atoms with Crippen LogP contribution in [0.5, 0.6) is 0 Å². The van der Waals surface area contributed by atoms with Crippen molar-refractivity contribution in [2.75, 3.05) is 11.0 Å². The largest absolute Gasteiger partial charge is 0.433 e. The lowest BCUT2D eigenvalue weighted by atomic mass is 10.1. The van der Waals surface area contributed by atoms with E-state index in [0.717, 1.165) is 30.0 Å².